The molecular weight excluding hydrogens is 470 g/mol. The number of fused-ring (bicyclic) bond motifs is 1. The first-order chi connectivity index (χ1) is 17.6. The Morgan fingerprint density at radius 1 is 1.08 bits per heavy atom. The lowest BCUT2D eigenvalue weighted by Gasteiger charge is -2.35. The lowest BCUT2D eigenvalue weighted by Crippen LogP contribution is -2.58. The first-order valence-electron chi connectivity index (χ1n) is 13.8. The van der Waals surface area contributed by atoms with Crippen LogP contribution >= 0.6 is 0 Å². The number of hydrogen-bond donors (Lipinski definition) is 3. The summed E-state index contributed by atoms with van der Waals surface area (Å²) in [6.45, 7) is 8.75. The van der Waals surface area contributed by atoms with Gasteiger partial charge in [0.05, 0.1) is 17.4 Å². The van der Waals surface area contributed by atoms with Crippen molar-refractivity contribution in [3.8, 4) is 0 Å². The van der Waals surface area contributed by atoms with Gasteiger partial charge in [0.2, 0.25) is 17.7 Å². The van der Waals surface area contributed by atoms with Gasteiger partial charge in [-0.3, -0.25) is 14.4 Å². The average Bonchev–Trinajstić information content (AvgIpc) is 3.45. The van der Waals surface area contributed by atoms with E-state index in [1.165, 1.54) is 0 Å². The van der Waals surface area contributed by atoms with Crippen molar-refractivity contribution >= 4 is 17.7 Å². The van der Waals surface area contributed by atoms with E-state index < -0.39 is 34.6 Å². The van der Waals surface area contributed by atoms with Gasteiger partial charge in [-0.05, 0) is 58.4 Å². The number of nitrogens with zero attached hydrogens (tertiary/aromatic N) is 1. The highest BCUT2D eigenvalue weighted by Gasteiger charge is 2.78. The van der Waals surface area contributed by atoms with Crippen LogP contribution < -0.4 is 10.6 Å². The molecule has 4 rings (SSSR count). The molecular formula is C29H43N3O5. The number of carbonyl (C=O) groups excluding carboxylic acids is 3. The van der Waals surface area contributed by atoms with Crippen LogP contribution in [0.5, 0.6) is 0 Å². The molecule has 1 aromatic carbocycles. The Morgan fingerprint density at radius 2 is 1.78 bits per heavy atom. The summed E-state index contributed by atoms with van der Waals surface area (Å²) >= 11 is 0. The third kappa shape index (κ3) is 5.15. The number of nitrogens with one attached hydrogen (secondary N) is 2. The average molecular weight is 514 g/mol. The van der Waals surface area contributed by atoms with Crippen molar-refractivity contribution in [1.82, 2.24) is 15.5 Å². The van der Waals surface area contributed by atoms with Crippen LogP contribution in [0.2, 0.25) is 0 Å². The van der Waals surface area contributed by atoms with E-state index in [-0.39, 0.29) is 24.3 Å². The highest BCUT2D eigenvalue weighted by Crippen LogP contribution is 2.64. The number of carbonyl (C=O) groups is 3. The second kappa shape index (κ2) is 10.7. The Balaban J connectivity index is 1.63. The van der Waals surface area contributed by atoms with Gasteiger partial charge >= 0.3 is 0 Å². The molecule has 5 atom stereocenters. The highest BCUT2D eigenvalue weighted by atomic mass is 16.5. The van der Waals surface area contributed by atoms with E-state index in [1.54, 1.807) is 4.90 Å². The molecule has 37 heavy (non-hydrogen) atoms. The van der Waals surface area contributed by atoms with Gasteiger partial charge in [0, 0.05) is 25.2 Å². The molecule has 2 bridgehead atoms. The van der Waals surface area contributed by atoms with Crippen molar-refractivity contribution in [2.45, 2.75) is 102 Å². The zero-order chi connectivity index (χ0) is 26.8. The molecule has 8 nitrogen and oxygen atoms in total. The van der Waals surface area contributed by atoms with E-state index in [4.69, 9.17) is 9.84 Å². The summed E-state index contributed by atoms with van der Waals surface area (Å²) in [5.41, 5.74) is -1.21. The van der Waals surface area contributed by atoms with Gasteiger partial charge < -0.3 is 25.4 Å². The summed E-state index contributed by atoms with van der Waals surface area (Å²) in [4.78, 5) is 43.2. The molecule has 1 spiro atoms. The molecule has 3 heterocycles. The van der Waals surface area contributed by atoms with Gasteiger partial charge in [0.15, 0.2) is 0 Å². The minimum absolute atomic E-state index is 0.147. The van der Waals surface area contributed by atoms with Crippen molar-refractivity contribution in [1.29, 1.82) is 0 Å². The number of aliphatic hydroxyl groups excluding tert-OH is 1. The first kappa shape index (κ1) is 27.6. The predicted molar refractivity (Wildman–Crippen MR) is 140 cm³/mol. The van der Waals surface area contributed by atoms with Crippen LogP contribution in [-0.2, 0) is 25.7 Å². The van der Waals surface area contributed by atoms with Crippen LogP contribution in [0.25, 0.3) is 0 Å². The maximum atomic E-state index is 14.1. The van der Waals surface area contributed by atoms with Crippen molar-refractivity contribution < 1.29 is 24.2 Å². The molecule has 0 radical (unpaired) electrons. The molecule has 2 unspecified atom stereocenters. The molecule has 0 aliphatic carbocycles. The summed E-state index contributed by atoms with van der Waals surface area (Å²) < 4.78 is 6.78. The molecule has 3 amide bonds. The number of hydrogen-bond acceptors (Lipinski definition) is 5. The van der Waals surface area contributed by atoms with Crippen molar-refractivity contribution in [2.24, 2.45) is 11.8 Å². The maximum absolute atomic E-state index is 14.1. The fraction of sp³-hybridized carbons (Fsp3) is 0.690. The van der Waals surface area contributed by atoms with Crippen LogP contribution in [0.3, 0.4) is 0 Å². The Hall–Kier alpha value is -2.45. The van der Waals surface area contributed by atoms with Gasteiger partial charge in [-0.15, -0.1) is 0 Å². The summed E-state index contributed by atoms with van der Waals surface area (Å²) in [6, 6.07) is 8.96. The van der Waals surface area contributed by atoms with Crippen LogP contribution in [-0.4, -0.2) is 63.7 Å². The van der Waals surface area contributed by atoms with Crippen molar-refractivity contribution in [3.05, 3.63) is 35.9 Å². The topological polar surface area (TPSA) is 108 Å². The predicted octanol–water partition coefficient (Wildman–Crippen LogP) is 2.93. The monoisotopic (exact) mass is 513 g/mol. The molecule has 3 fully saturated rings. The van der Waals surface area contributed by atoms with Gasteiger partial charge in [-0.1, -0.05) is 50.1 Å². The molecule has 3 N–H and O–H groups in total. The third-order valence-electron chi connectivity index (χ3n) is 8.33. The van der Waals surface area contributed by atoms with Gasteiger partial charge in [0.1, 0.15) is 11.6 Å². The lowest BCUT2D eigenvalue weighted by atomic mass is 9.65. The Kier molecular flexibility index (Phi) is 8.00. The minimum atomic E-state index is -0.998. The summed E-state index contributed by atoms with van der Waals surface area (Å²) in [7, 11) is 0. The van der Waals surface area contributed by atoms with Gasteiger partial charge in [0.25, 0.3) is 0 Å². The zero-order valence-electron chi connectivity index (χ0n) is 22.7. The highest BCUT2D eigenvalue weighted by molar-refractivity contribution is 5.99. The smallest absolute Gasteiger partial charge is 0.246 e. The van der Waals surface area contributed by atoms with Crippen LogP contribution in [0.1, 0.15) is 78.2 Å². The Morgan fingerprint density at radius 3 is 2.43 bits per heavy atom. The first-order valence-corrected chi connectivity index (χ1v) is 13.8. The van der Waals surface area contributed by atoms with Crippen molar-refractivity contribution in [3.63, 3.8) is 0 Å². The Bertz CT molecular complexity index is 993. The number of benzene rings is 1. The minimum Gasteiger partial charge on any atom is -0.396 e. The molecule has 204 valence electrons. The van der Waals surface area contributed by atoms with E-state index >= 15 is 0 Å². The van der Waals surface area contributed by atoms with E-state index in [0.29, 0.717) is 32.4 Å². The number of aliphatic hydroxyl groups is 1. The molecule has 8 heteroatoms. The van der Waals surface area contributed by atoms with Crippen LogP contribution in [0.4, 0.5) is 0 Å². The van der Waals surface area contributed by atoms with Gasteiger partial charge in [-0.2, -0.15) is 0 Å². The number of ether oxygens (including phenoxy) is 1. The zero-order valence-corrected chi connectivity index (χ0v) is 22.7. The SMILES string of the molecule is CC[C@]12CCC3(O1)C(C(=O)NC(C)(C)C)N(CCCCCCO)C(=O)[C@@H]3[C@H]2C(=O)NCc1ccccc1. The standard InChI is InChI=1S/C29H43N3O5/c1-5-28-15-16-29(37-28)22(21(28)24(34)30-19-20-13-9-8-10-14-20)26(36)32(17-11-6-7-12-18-33)23(29)25(35)31-27(2,3)4/h8-10,13-14,21-23,33H,5-7,11-12,15-19H2,1-4H3,(H,30,34)(H,31,35)/t21-,22-,23?,28+,29?/m0/s1. The normalized spacial score (nSPS) is 30.5. The Labute approximate surface area is 220 Å². The molecule has 3 aliphatic heterocycles. The largest absolute Gasteiger partial charge is 0.396 e. The third-order valence-corrected chi connectivity index (χ3v) is 8.33. The van der Waals surface area contributed by atoms with E-state index in [0.717, 1.165) is 31.2 Å². The molecule has 1 aromatic rings. The molecule has 3 aliphatic rings. The molecule has 0 aromatic heterocycles. The van der Waals surface area contributed by atoms with E-state index in [1.807, 2.05) is 58.0 Å². The van der Waals surface area contributed by atoms with E-state index in [2.05, 4.69) is 10.6 Å². The number of amides is 3. The quantitative estimate of drug-likeness (QED) is 0.395. The van der Waals surface area contributed by atoms with Crippen LogP contribution in [0.15, 0.2) is 30.3 Å². The molecule has 0 saturated carbocycles. The second-order valence-electron chi connectivity index (χ2n) is 11.9. The second-order valence-corrected chi connectivity index (χ2v) is 11.9. The summed E-state index contributed by atoms with van der Waals surface area (Å²) in [5, 5.41) is 15.2. The summed E-state index contributed by atoms with van der Waals surface area (Å²) in [6.07, 6.45) is 5.03. The van der Waals surface area contributed by atoms with Crippen LogP contribution in [0, 0.1) is 11.8 Å². The fourth-order valence-corrected chi connectivity index (χ4v) is 6.74. The number of unbranched alkanes of at least 4 members (excludes halogenated alkanes) is 3. The molecule has 3 saturated heterocycles. The maximum Gasteiger partial charge on any atom is 0.246 e. The van der Waals surface area contributed by atoms with E-state index in [9.17, 15) is 14.4 Å². The lowest BCUT2D eigenvalue weighted by molar-refractivity contribution is -0.148. The number of rotatable bonds is 11. The van der Waals surface area contributed by atoms with Crippen molar-refractivity contribution in [2.75, 3.05) is 13.2 Å². The number of likely N-dealkylation sites (tertiary alicyclic amines) is 1. The fourth-order valence-electron chi connectivity index (χ4n) is 6.74. The summed E-state index contributed by atoms with van der Waals surface area (Å²) in [5.74, 6) is -1.84. The van der Waals surface area contributed by atoms with Gasteiger partial charge in [-0.25, -0.2) is 0 Å².